The van der Waals surface area contributed by atoms with Crippen LogP contribution in [0.4, 0.5) is 5.69 Å². The van der Waals surface area contributed by atoms with Crippen LogP contribution in [0.25, 0.3) is 11.1 Å². The van der Waals surface area contributed by atoms with Gasteiger partial charge in [0.1, 0.15) is 11.5 Å². The molecule has 0 spiro atoms. The Bertz CT molecular complexity index is 914. The van der Waals surface area contributed by atoms with Crippen molar-refractivity contribution in [3.8, 4) is 22.6 Å². The number of carbonyl (C=O) groups is 1. The summed E-state index contributed by atoms with van der Waals surface area (Å²) in [7, 11) is 3.20. The van der Waals surface area contributed by atoms with Gasteiger partial charge in [-0.2, -0.15) is 0 Å². The number of methoxy groups -OCH3 is 2. The van der Waals surface area contributed by atoms with E-state index in [1.807, 2.05) is 71.0 Å². The lowest BCUT2D eigenvalue weighted by Gasteiger charge is -2.15. The van der Waals surface area contributed by atoms with Gasteiger partial charge in [0.05, 0.1) is 31.2 Å². The first-order chi connectivity index (χ1) is 14.9. The molecule has 168 valence electrons. The van der Waals surface area contributed by atoms with Gasteiger partial charge in [0.15, 0.2) is 0 Å². The Kier molecular flexibility index (Phi) is 12.9. The standard InChI is InChI=1S/C22H23NO4.2C2H6/c1-6-17(22(24)25)18(7-2)23-19-11-10-16(13-21(19)27-5)15-9-8-14(3)20(12-15)26-4;2*1-2/h6-13,23H,1-2H2,3-5H3,(H,24,25);2*1-2H3/b18-17-;;. The first-order valence-electron chi connectivity index (χ1n) is 10.3. The number of rotatable bonds is 8. The van der Waals surface area contributed by atoms with Gasteiger partial charge < -0.3 is 19.9 Å². The smallest absolute Gasteiger partial charge is 0.337 e. The Labute approximate surface area is 186 Å². The van der Waals surface area contributed by atoms with E-state index in [0.717, 1.165) is 22.4 Å². The number of aryl methyl sites for hydroxylation is 1. The normalized spacial score (nSPS) is 10.2. The third-order valence-electron chi connectivity index (χ3n) is 4.14. The number of hydrogen-bond acceptors (Lipinski definition) is 4. The molecule has 2 N–H and O–H groups in total. The Balaban J connectivity index is 0.00000212. The number of anilines is 1. The third kappa shape index (κ3) is 7.37. The summed E-state index contributed by atoms with van der Waals surface area (Å²) in [4.78, 5) is 11.3. The molecule has 5 heteroatoms. The van der Waals surface area contributed by atoms with Gasteiger partial charge in [-0.1, -0.05) is 65.1 Å². The number of ether oxygens (including phenoxy) is 2. The van der Waals surface area contributed by atoms with E-state index >= 15 is 0 Å². The number of benzene rings is 2. The number of hydrogen-bond donors (Lipinski definition) is 2. The molecule has 0 aliphatic rings. The van der Waals surface area contributed by atoms with E-state index in [1.165, 1.54) is 12.2 Å². The summed E-state index contributed by atoms with van der Waals surface area (Å²) in [6, 6.07) is 11.6. The molecule has 31 heavy (non-hydrogen) atoms. The van der Waals surface area contributed by atoms with Crippen LogP contribution in [-0.4, -0.2) is 25.3 Å². The third-order valence-corrected chi connectivity index (χ3v) is 4.14. The molecule has 2 aromatic carbocycles. The number of aliphatic carboxylic acids is 1. The lowest BCUT2D eigenvalue weighted by atomic mass is 10.0. The molecule has 0 amide bonds. The Morgan fingerprint density at radius 1 is 0.903 bits per heavy atom. The molecule has 0 unspecified atom stereocenters. The van der Waals surface area contributed by atoms with E-state index in [9.17, 15) is 9.90 Å². The topological polar surface area (TPSA) is 67.8 Å². The molecular formula is C26H35NO4. The van der Waals surface area contributed by atoms with E-state index in [2.05, 4.69) is 18.5 Å². The minimum atomic E-state index is -1.09. The van der Waals surface area contributed by atoms with Gasteiger partial charge >= 0.3 is 5.97 Å². The molecular weight excluding hydrogens is 390 g/mol. The van der Waals surface area contributed by atoms with Crippen LogP contribution >= 0.6 is 0 Å². The zero-order valence-electron chi connectivity index (χ0n) is 19.7. The zero-order valence-corrected chi connectivity index (χ0v) is 19.7. The van der Waals surface area contributed by atoms with Gasteiger partial charge in [-0.05, 0) is 47.9 Å². The van der Waals surface area contributed by atoms with Crippen molar-refractivity contribution < 1.29 is 19.4 Å². The summed E-state index contributed by atoms with van der Waals surface area (Å²) in [5.74, 6) is 0.289. The average Bonchev–Trinajstić information content (AvgIpc) is 2.81. The Hall–Kier alpha value is -3.47. The lowest BCUT2D eigenvalue weighted by Crippen LogP contribution is -2.08. The molecule has 0 aliphatic heterocycles. The largest absolute Gasteiger partial charge is 0.496 e. The van der Waals surface area contributed by atoms with Crippen molar-refractivity contribution in [1.29, 1.82) is 0 Å². The van der Waals surface area contributed by atoms with Crippen molar-refractivity contribution >= 4 is 11.7 Å². The van der Waals surface area contributed by atoms with Gasteiger partial charge in [-0.25, -0.2) is 4.79 Å². The monoisotopic (exact) mass is 425 g/mol. The summed E-state index contributed by atoms with van der Waals surface area (Å²) in [6.45, 7) is 17.2. The van der Waals surface area contributed by atoms with Crippen LogP contribution < -0.4 is 14.8 Å². The van der Waals surface area contributed by atoms with Crippen LogP contribution in [-0.2, 0) is 4.79 Å². The first-order valence-corrected chi connectivity index (χ1v) is 10.3. The maximum atomic E-state index is 11.3. The molecule has 0 aromatic heterocycles. The molecule has 0 saturated heterocycles. The second-order valence-corrected chi connectivity index (χ2v) is 5.77. The van der Waals surface area contributed by atoms with Gasteiger partial charge in [0.2, 0.25) is 0 Å². The second kappa shape index (κ2) is 14.5. The molecule has 0 atom stereocenters. The van der Waals surface area contributed by atoms with Crippen molar-refractivity contribution in [2.75, 3.05) is 19.5 Å². The van der Waals surface area contributed by atoms with E-state index < -0.39 is 5.97 Å². The Morgan fingerprint density at radius 2 is 1.42 bits per heavy atom. The van der Waals surface area contributed by atoms with Crippen molar-refractivity contribution in [1.82, 2.24) is 0 Å². The molecule has 0 radical (unpaired) electrons. The van der Waals surface area contributed by atoms with E-state index in [1.54, 1.807) is 14.2 Å². The van der Waals surface area contributed by atoms with Gasteiger partial charge in [-0.15, -0.1) is 0 Å². The predicted molar refractivity (Wildman–Crippen MR) is 131 cm³/mol. The number of nitrogens with one attached hydrogen (secondary N) is 1. The fraction of sp³-hybridized carbons (Fsp3) is 0.269. The summed E-state index contributed by atoms with van der Waals surface area (Å²) < 4.78 is 10.9. The molecule has 5 nitrogen and oxygen atoms in total. The zero-order chi connectivity index (χ0) is 24.0. The van der Waals surface area contributed by atoms with Crippen molar-refractivity contribution in [3.05, 3.63) is 78.5 Å². The van der Waals surface area contributed by atoms with E-state index in [4.69, 9.17) is 9.47 Å². The molecule has 0 heterocycles. The van der Waals surface area contributed by atoms with Crippen molar-refractivity contribution in [3.63, 3.8) is 0 Å². The van der Waals surface area contributed by atoms with Gasteiger partial charge in [0, 0.05) is 0 Å². The van der Waals surface area contributed by atoms with Crippen LogP contribution in [0.2, 0.25) is 0 Å². The van der Waals surface area contributed by atoms with Crippen molar-refractivity contribution in [2.45, 2.75) is 34.6 Å². The van der Waals surface area contributed by atoms with E-state index in [0.29, 0.717) is 17.1 Å². The first kappa shape index (κ1) is 27.5. The summed E-state index contributed by atoms with van der Waals surface area (Å²) >= 11 is 0. The summed E-state index contributed by atoms with van der Waals surface area (Å²) in [5, 5.41) is 12.3. The van der Waals surface area contributed by atoms with Crippen LogP contribution in [0.3, 0.4) is 0 Å². The van der Waals surface area contributed by atoms with Crippen LogP contribution in [0.1, 0.15) is 33.3 Å². The SMILES string of the molecule is C=C/C(Nc1ccc(-c2ccc(C)c(OC)c2)cc1OC)=C(\C=C)C(=O)O.CC.CC. The molecule has 0 aliphatic carbocycles. The minimum absolute atomic E-state index is 0.0272. The highest BCUT2D eigenvalue weighted by atomic mass is 16.5. The maximum Gasteiger partial charge on any atom is 0.337 e. The van der Waals surface area contributed by atoms with Gasteiger partial charge in [0.25, 0.3) is 0 Å². The van der Waals surface area contributed by atoms with Gasteiger partial charge in [-0.3, -0.25) is 0 Å². The average molecular weight is 426 g/mol. The summed E-state index contributed by atoms with van der Waals surface area (Å²) in [5.41, 5.74) is 3.97. The van der Waals surface area contributed by atoms with E-state index in [-0.39, 0.29) is 5.57 Å². The second-order valence-electron chi connectivity index (χ2n) is 5.77. The van der Waals surface area contributed by atoms with Crippen LogP contribution in [0.15, 0.2) is 73.0 Å². The van der Waals surface area contributed by atoms with Crippen LogP contribution in [0, 0.1) is 6.92 Å². The number of carboxylic acid groups (broad SMARTS) is 1. The molecule has 0 bridgehead atoms. The van der Waals surface area contributed by atoms with Crippen molar-refractivity contribution in [2.24, 2.45) is 0 Å². The fourth-order valence-electron chi connectivity index (χ4n) is 2.66. The Morgan fingerprint density at radius 3 is 1.87 bits per heavy atom. The number of allylic oxidation sites excluding steroid dienone is 1. The lowest BCUT2D eigenvalue weighted by molar-refractivity contribution is -0.132. The molecule has 2 aromatic rings. The minimum Gasteiger partial charge on any atom is -0.496 e. The predicted octanol–water partition coefficient (Wildman–Crippen LogP) is 6.85. The molecule has 2 rings (SSSR count). The maximum absolute atomic E-state index is 11.3. The highest BCUT2D eigenvalue weighted by molar-refractivity contribution is 5.92. The molecule has 0 fully saturated rings. The molecule has 0 saturated carbocycles. The summed E-state index contributed by atoms with van der Waals surface area (Å²) in [6.07, 6.45) is 2.70. The number of carboxylic acids is 1. The highest BCUT2D eigenvalue weighted by Crippen LogP contribution is 2.34. The quantitative estimate of drug-likeness (QED) is 0.357. The highest BCUT2D eigenvalue weighted by Gasteiger charge is 2.12. The fourth-order valence-corrected chi connectivity index (χ4v) is 2.66. The van der Waals surface area contributed by atoms with Crippen LogP contribution in [0.5, 0.6) is 11.5 Å².